The highest BCUT2D eigenvalue weighted by atomic mass is 79.9. The van der Waals surface area contributed by atoms with Crippen molar-refractivity contribution >= 4 is 21.9 Å². The minimum Gasteiger partial charge on any atom is -0.338 e. The molecule has 1 aliphatic rings. The number of rotatable bonds is 5. The summed E-state index contributed by atoms with van der Waals surface area (Å²) in [5, 5.41) is 0.820. The van der Waals surface area contributed by atoms with E-state index in [1.165, 1.54) is 25.7 Å². The Labute approximate surface area is 118 Å². The molecule has 0 aliphatic heterocycles. The number of halogens is 1. The van der Waals surface area contributed by atoms with Crippen molar-refractivity contribution in [1.29, 1.82) is 0 Å². The second-order valence-corrected chi connectivity index (χ2v) is 6.07. The molecule has 0 radical (unpaired) electrons. The number of nitrogens with zero attached hydrogens (tertiary/aromatic N) is 3. The van der Waals surface area contributed by atoms with Gasteiger partial charge in [-0.25, -0.2) is 9.97 Å². The molecular weight excluding hydrogens is 290 g/mol. The van der Waals surface area contributed by atoms with E-state index in [0.29, 0.717) is 12.0 Å². The van der Waals surface area contributed by atoms with E-state index < -0.39 is 0 Å². The molecule has 1 fully saturated rings. The molecule has 0 saturated heterocycles. The largest absolute Gasteiger partial charge is 0.338 e. The molecule has 0 spiro atoms. The molecule has 100 valence electrons. The average molecular weight is 312 g/mol. The Kier molecular flexibility index (Phi) is 4.98. The Morgan fingerprint density at radius 2 is 1.89 bits per heavy atom. The minimum atomic E-state index is 0.641. The third-order valence-corrected chi connectivity index (χ3v) is 4.08. The summed E-state index contributed by atoms with van der Waals surface area (Å²) in [5.74, 6) is 1.55. The summed E-state index contributed by atoms with van der Waals surface area (Å²) in [5.41, 5.74) is 1.13. The Hall–Kier alpha value is -0.640. The smallest absolute Gasteiger partial charge is 0.225 e. The SMILES string of the molecule is CC(C)CN(c1ncc(CBr)cn1)C1CCCC1. The molecule has 0 bridgehead atoms. The van der Waals surface area contributed by atoms with Crippen molar-refractivity contribution in [3.05, 3.63) is 18.0 Å². The monoisotopic (exact) mass is 311 g/mol. The van der Waals surface area contributed by atoms with Crippen LogP contribution in [0.5, 0.6) is 0 Å². The zero-order chi connectivity index (χ0) is 13.0. The number of hydrogen-bond donors (Lipinski definition) is 0. The second kappa shape index (κ2) is 6.50. The van der Waals surface area contributed by atoms with E-state index in [-0.39, 0.29) is 0 Å². The summed E-state index contributed by atoms with van der Waals surface area (Å²) in [6.45, 7) is 5.57. The summed E-state index contributed by atoms with van der Waals surface area (Å²) in [6.07, 6.45) is 9.13. The van der Waals surface area contributed by atoms with Gasteiger partial charge in [-0.05, 0) is 24.3 Å². The van der Waals surface area contributed by atoms with Crippen LogP contribution in [-0.2, 0) is 5.33 Å². The highest BCUT2D eigenvalue weighted by Crippen LogP contribution is 2.27. The van der Waals surface area contributed by atoms with Crippen LogP contribution in [0, 0.1) is 5.92 Å². The van der Waals surface area contributed by atoms with Gasteiger partial charge in [0.25, 0.3) is 0 Å². The highest BCUT2D eigenvalue weighted by Gasteiger charge is 2.25. The first-order valence-electron chi connectivity index (χ1n) is 6.84. The Morgan fingerprint density at radius 3 is 2.39 bits per heavy atom. The van der Waals surface area contributed by atoms with E-state index in [1.807, 2.05) is 12.4 Å². The molecule has 2 rings (SSSR count). The van der Waals surface area contributed by atoms with Crippen molar-refractivity contribution in [3.63, 3.8) is 0 Å². The number of hydrogen-bond acceptors (Lipinski definition) is 3. The van der Waals surface area contributed by atoms with Crippen LogP contribution in [0.2, 0.25) is 0 Å². The minimum absolute atomic E-state index is 0.641. The fourth-order valence-electron chi connectivity index (χ4n) is 2.57. The van der Waals surface area contributed by atoms with Gasteiger partial charge in [0.05, 0.1) is 0 Å². The quantitative estimate of drug-likeness (QED) is 0.775. The predicted molar refractivity (Wildman–Crippen MR) is 79.1 cm³/mol. The van der Waals surface area contributed by atoms with E-state index in [9.17, 15) is 0 Å². The summed E-state index contributed by atoms with van der Waals surface area (Å²) < 4.78 is 0. The molecular formula is C14H22BrN3. The molecule has 1 aliphatic carbocycles. The lowest BCUT2D eigenvalue weighted by molar-refractivity contribution is 0.525. The number of anilines is 1. The first-order chi connectivity index (χ1) is 8.70. The van der Waals surface area contributed by atoms with Crippen LogP contribution in [0.3, 0.4) is 0 Å². The van der Waals surface area contributed by atoms with Crippen molar-refractivity contribution < 1.29 is 0 Å². The molecule has 0 aromatic carbocycles. The lowest BCUT2D eigenvalue weighted by atomic mass is 10.1. The molecule has 1 heterocycles. The van der Waals surface area contributed by atoms with Crippen molar-refractivity contribution in [2.45, 2.75) is 50.9 Å². The Morgan fingerprint density at radius 1 is 1.28 bits per heavy atom. The maximum atomic E-state index is 4.53. The van der Waals surface area contributed by atoms with Gasteiger partial charge in [-0.2, -0.15) is 0 Å². The summed E-state index contributed by atoms with van der Waals surface area (Å²) in [6, 6.07) is 0.641. The summed E-state index contributed by atoms with van der Waals surface area (Å²) >= 11 is 3.43. The van der Waals surface area contributed by atoms with E-state index in [1.54, 1.807) is 0 Å². The van der Waals surface area contributed by atoms with E-state index >= 15 is 0 Å². The number of aromatic nitrogens is 2. The normalized spacial score (nSPS) is 16.4. The fourth-order valence-corrected chi connectivity index (χ4v) is 2.86. The molecule has 0 amide bonds. The van der Waals surface area contributed by atoms with Gasteiger partial charge in [-0.15, -0.1) is 0 Å². The van der Waals surface area contributed by atoms with Crippen LogP contribution in [0.25, 0.3) is 0 Å². The molecule has 0 atom stereocenters. The topological polar surface area (TPSA) is 29.0 Å². The van der Waals surface area contributed by atoms with Gasteiger partial charge >= 0.3 is 0 Å². The van der Waals surface area contributed by atoms with Crippen molar-refractivity contribution in [2.75, 3.05) is 11.4 Å². The lowest BCUT2D eigenvalue weighted by Crippen LogP contribution is -2.37. The maximum Gasteiger partial charge on any atom is 0.225 e. The zero-order valence-corrected chi connectivity index (χ0v) is 12.9. The van der Waals surface area contributed by atoms with E-state index in [2.05, 4.69) is 44.6 Å². The standard InChI is InChI=1S/C14H22BrN3/c1-11(2)10-18(13-5-3-4-6-13)14-16-8-12(7-15)9-17-14/h8-9,11,13H,3-7,10H2,1-2H3. The molecule has 0 N–H and O–H groups in total. The highest BCUT2D eigenvalue weighted by molar-refractivity contribution is 9.08. The zero-order valence-electron chi connectivity index (χ0n) is 11.3. The van der Waals surface area contributed by atoms with Gasteiger partial charge in [0.15, 0.2) is 0 Å². The second-order valence-electron chi connectivity index (χ2n) is 5.51. The number of alkyl halides is 1. The Balaban J connectivity index is 2.15. The van der Waals surface area contributed by atoms with Crippen LogP contribution < -0.4 is 4.90 Å². The van der Waals surface area contributed by atoms with Crippen molar-refractivity contribution in [2.24, 2.45) is 5.92 Å². The van der Waals surface area contributed by atoms with Gasteiger partial charge < -0.3 is 4.90 Å². The average Bonchev–Trinajstić information content (AvgIpc) is 2.89. The van der Waals surface area contributed by atoms with Crippen molar-refractivity contribution in [3.8, 4) is 0 Å². The van der Waals surface area contributed by atoms with Crippen LogP contribution in [0.15, 0.2) is 12.4 Å². The molecule has 18 heavy (non-hydrogen) atoms. The maximum absolute atomic E-state index is 4.53. The van der Waals surface area contributed by atoms with E-state index in [4.69, 9.17) is 0 Å². The fraction of sp³-hybridized carbons (Fsp3) is 0.714. The molecule has 3 nitrogen and oxygen atoms in total. The lowest BCUT2D eigenvalue weighted by Gasteiger charge is -2.30. The van der Waals surface area contributed by atoms with Gasteiger partial charge in [-0.3, -0.25) is 0 Å². The predicted octanol–water partition coefficient (Wildman–Crippen LogP) is 3.78. The van der Waals surface area contributed by atoms with Crippen LogP contribution >= 0.6 is 15.9 Å². The first kappa shape index (κ1) is 13.8. The summed E-state index contributed by atoms with van der Waals surface area (Å²) in [4.78, 5) is 11.5. The van der Waals surface area contributed by atoms with Crippen LogP contribution in [0.1, 0.15) is 45.1 Å². The molecule has 1 saturated carbocycles. The molecule has 1 aromatic heterocycles. The van der Waals surface area contributed by atoms with Crippen LogP contribution in [-0.4, -0.2) is 22.6 Å². The Bertz CT molecular complexity index is 358. The van der Waals surface area contributed by atoms with Gasteiger partial charge in [0.2, 0.25) is 5.95 Å². The van der Waals surface area contributed by atoms with Gasteiger partial charge in [0.1, 0.15) is 0 Å². The molecule has 4 heteroatoms. The van der Waals surface area contributed by atoms with E-state index in [0.717, 1.165) is 23.4 Å². The first-order valence-corrected chi connectivity index (χ1v) is 7.96. The molecule has 1 aromatic rings. The van der Waals surface area contributed by atoms with Crippen LogP contribution in [0.4, 0.5) is 5.95 Å². The summed E-state index contributed by atoms with van der Waals surface area (Å²) in [7, 11) is 0. The molecule has 0 unspecified atom stereocenters. The van der Waals surface area contributed by atoms with Crippen molar-refractivity contribution in [1.82, 2.24) is 9.97 Å². The van der Waals surface area contributed by atoms with Gasteiger partial charge in [-0.1, -0.05) is 42.6 Å². The third kappa shape index (κ3) is 3.44. The van der Waals surface area contributed by atoms with Gasteiger partial charge in [0, 0.05) is 30.3 Å². The third-order valence-electron chi connectivity index (χ3n) is 3.43.